The van der Waals surface area contributed by atoms with Crippen LogP contribution in [-0.4, -0.2) is 0 Å². The average molecular weight is 1850 g/mol. The lowest BCUT2D eigenvalue weighted by Gasteiger charge is -2.13. The van der Waals surface area contributed by atoms with E-state index >= 15 is 0 Å². The number of hydrogen-bond donors (Lipinski definition) is 0. The molecule has 0 fully saturated rings. The van der Waals surface area contributed by atoms with Crippen molar-refractivity contribution < 1.29 is 0 Å². The van der Waals surface area contributed by atoms with Gasteiger partial charge in [0.2, 0.25) is 0 Å². The Hall–Kier alpha value is -17.9. The van der Waals surface area contributed by atoms with Gasteiger partial charge >= 0.3 is 0 Å². The fourth-order valence-electron chi connectivity index (χ4n) is 18.7. The third kappa shape index (κ3) is 24.8. The maximum Gasteiger partial charge on any atom is -0.00761 e. The van der Waals surface area contributed by atoms with Crippen molar-refractivity contribution in [1.29, 1.82) is 0 Å². The van der Waals surface area contributed by atoms with E-state index in [1.165, 1.54) is 223 Å². The predicted octanol–water partition coefficient (Wildman–Crippen LogP) is 40.3. The second kappa shape index (κ2) is 48.1. The fraction of sp³-hybridized carbons (Fsp3) is 0.0417. The minimum Gasteiger partial charge on any atom is -0.0622 e. The Bertz CT molecular complexity index is 7990. The van der Waals surface area contributed by atoms with Gasteiger partial charge in [-0.05, 0) is 276 Å². The number of rotatable bonds is 17. The van der Waals surface area contributed by atoms with Gasteiger partial charge in [-0.2, -0.15) is 0 Å². The summed E-state index contributed by atoms with van der Waals surface area (Å²) in [5, 5.41) is 0. The smallest absolute Gasteiger partial charge is 0.00761 e. The summed E-state index contributed by atoms with van der Waals surface area (Å²) in [7, 11) is 0. The van der Waals surface area contributed by atoms with Crippen LogP contribution >= 0.6 is 0 Å². The zero-order valence-electron chi connectivity index (χ0n) is 82.6. The summed E-state index contributed by atoms with van der Waals surface area (Å²) >= 11 is 0. The SMILES string of the molecule is Cc1cc(-c2ccc(-c3ccccc3)cc2)ccc1-c1ccccc1.Cc1cc(-c2ccccc2)ccc1-c1ccc(-c2ccccc2)cc1.Cc1ccc(-c2ccc(-c3ccccc3)cc2)cc1-c1ccccc1.Cc1cccc(-c2ccccc2)c1-c1ccccc1.Cc1ccccc1-c1ccc(-c2ccc(-c3ccccc3)cc2)cc1.Cc1ccccc1-c1cccc(-c2ccc(-c3ccccc3)cc2)c1. The van der Waals surface area contributed by atoms with Crippen molar-refractivity contribution in [2.45, 2.75) is 41.5 Å². The molecule has 0 spiro atoms. The molecule has 0 amide bonds. The zero-order chi connectivity index (χ0) is 98.4. The van der Waals surface area contributed by atoms with Gasteiger partial charge in [0.1, 0.15) is 0 Å². The molecule has 0 heteroatoms. The topological polar surface area (TPSA) is 0 Å². The van der Waals surface area contributed by atoms with Gasteiger partial charge in [-0.1, -0.05) is 582 Å². The fourth-order valence-corrected chi connectivity index (χ4v) is 18.7. The molecule has 144 heavy (non-hydrogen) atoms. The Kier molecular flexibility index (Phi) is 32.2. The van der Waals surface area contributed by atoms with E-state index in [9.17, 15) is 0 Å². The van der Waals surface area contributed by atoms with Crippen molar-refractivity contribution in [3.63, 3.8) is 0 Å². The molecular formula is C144H116. The highest BCUT2D eigenvalue weighted by Gasteiger charge is 2.15. The van der Waals surface area contributed by atoms with Crippen molar-refractivity contribution in [3.05, 3.63) is 628 Å². The van der Waals surface area contributed by atoms with Crippen molar-refractivity contribution in [2.24, 2.45) is 0 Å². The average Bonchev–Trinajstić information content (AvgIpc) is 0.673. The van der Waals surface area contributed by atoms with E-state index in [1.54, 1.807) is 0 Å². The van der Waals surface area contributed by atoms with Gasteiger partial charge in [0.05, 0.1) is 0 Å². The molecule has 0 aliphatic heterocycles. The highest BCUT2D eigenvalue weighted by molar-refractivity contribution is 5.87. The van der Waals surface area contributed by atoms with E-state index in [0.717, 1.165) is 0 Å². The molecular weight excluding hydrogens is 1730 g/mol. The Morgan fingerprint density at radius 3 is 0.556 bits per heavy atom. The summed E-state index contributed by atoms with van der Waals surface area (Å²) < 4.78 is 0. The highest BCUT2D eigenvalue weighted by atomic mass is 14.2. The molecule has 692 valence electrons. The summed E-state index contributed by atoms with van der Waals surface area (Å²) in [6.07, 6.45) is 0. The molecule has 0 unspecified atom stereocenters. The molecule has 0 aromatic heterocycles. The normalized spacial score (nSPS) is 10.6. The second-order valence-corrected chi connectivity index (χ2v) is 36.4. The first-order valence-corrected chi connectivity index (χ1v) is 49.7. The van der Waals surface area contributed by atoms with E-state index in [-0.39, 0.29) is 0 Å². The second-order valence-electron chi connectivity index (χ2n) is 36.4. The van der Waals surface area contributed by atoms with Crippen LogP contribution in [0, 0.1) is 41.5 Å². The molecule has 0 radical (unpaired) electrons. The van der Waals surface area contributed by atoms with Gasteiger partial charge in [-0.25, -0.2) is 0 Å². The van der Waals surface area contributed by atoms with E-state index in [1.807, 2.05) is 6.07 Å². The molecule has 23 aromatic rings. The molecule has 0 saturated heterocycles. The van der Waals surface area contributed by atoms with E-state index in [4.69, 9.17) is 0 Å². The summed E-state index contributed by atoms with van der Waals surface area (Å²) in [4.78, 5) is 0. The molecule has 0 heterocycles. The van der Waals surface area contributed by atoms with Gasteiger partial charge < -0.3 is 0 Å². The van der Waals surface area contributed by atoms with Gasteiger partial charge in [0.15, 0.2) is 0 Å². The van der Waals surface area contributed by atoms with Crippen molar-refractivity contribution in [1.82, 2.24) is 0 Å². The maximum absolute atomic E-state index is 2.29. The molecule has 0 bridgehead atoms. The van der Waals surface area contributed by atoms with E-state index in [0.29, 0.717) is 0 Å². The van der Waals surface area contributed by atoms with Crippen molar-refractivity contribution >= 4 is 0 Å². The van der Waals surface area contributed by atoms with Crippen LogP contribution in [0.1, 0.15) is 33.4 Å². The first-order chi connectivity index (χ1) is 70.9. The quantitative estimate of drug-likeness (QED) is 0.0852. The number of benzene rings is 23. The molecule has 23 rings (SSSR count). The van der Waals surface area contributed by atoms with Crippen LogP contribution in [0.5, 0.6) is 0 Å². The number of hydrogen-bond acceptors (Lipinski definition) is 0. The van der Waals surface area contributed by atoms with Crippen molar-refractivity contribution in [3.8, 4) is 189 Å². The molecule has 0 aliphatic carbocycles. The van der Waals surface area contributed by atoms with Crippen LogP contribution in [0.2, 0.25) is 0 Å². The van der Waals surface area contributed by atoms with E-state index in [2.05, 4.69) is 630 Å². The lowest BCUT2D eigenvalue weighted by atomic mass is 9.91. The monoisotopic (exact) mass is 1840 g/mol. The van der Waals surface area contributed by atoms with Crippen LogP contribution in [-0.2, 0) is 0 Å². The molecule has 23 aromatic carbocycles. The summed E-state index contributed by atoms with van der Waals surface area (Å²) in [6.45, 7) is 13.0. The minimum atomic E-state index is 1.25. The van der Waals surface area contributed by atoms with Gasteiger partial charge in [-0.15, -0.1) is 0 Å². The van der Waals surface area contributed by atoms with Crippen LogP contribution in [0.15, 0.2) is 595 Å². The molecule has 0 nitrogen and oxygen atoms in total. The minimum absolute atomic E-state index is 1.25. The zero-order valence-corrected chi connectivity index (χ0v) is 82.6. The molecule has 0 atom stereocenters. The van der Waals surface area contributed by atoms with E-state index < -0.39 is 0 Å². The predicted molar refractivity (Wildman–Crippen MR) is 619 cm³/mol. The first kappa shape index (κ1) is 96.3. The third-order valence-corrected chi connectivity index (χ3v) is 26.7. The van der Waals surface area contributed by atoms with Gasteiger partial charge in [0, 0.05) is 0 Å². The lowest BCUT2D eigenvalue weighted by molar-refractivity contribution is 1.45. The Morgan fingerprint density at radius 1 is 0.0764 bits per heavy atom. The largest absolute Gasteiger partial charge is 0.0622 e. The maximum atomic E-state index is 2.29. The van der Waals surface area contributed by atoms with Crippen molar-refractivity contribution in [2.75, 3.05) is 0 Å². The number of aryl methyl sites for hydroxylation is 6. The van der Waals surface area contributed by atoms with Crippen LogP contribution in [0.25, 0.3) is 189 Å². The van der Waals surface area contributed by atoms with Gasteiger partial charge in [-0.3, -0.25) is 0 Å². The van der Waals surface area contributed by atoms with Crippen LogP contribution < -0.4 is 0 Å². The Labute approximate surface area is 852 Å². The van der Waals surface area contributed by atoms with Crippen LogP contribution in [0.4, 0.5) is 0 Å². The lowest BCUT2D eigenvalue weighted by Crippen LogP contribution is -1.88. The third-order valence-electron chi connectivity index (χ3n) is 26.7. The molecule has 0 N–H and O–H groups in total. The molecule has 0 saturated carbocycles. The van der Waals surface area contributed by atoms with Crippen LogP contribution in [0.3, 0.4) is 0 Å². The standard InChI is InChI=1S/5C25H20.C19H16/c1-19-18-24(16-17-25(19)23-10-6-3-7-11-23)22-14-12-21(13-15-22)20-8-4-2-5-9-20;1-19-18-24(21-10-6-3-7-11-21)16-17-25(19)23-14-12-22(13-15-23)20-8-4-2-5-9-20;1-19-12-13-24(18-25(19)23-10-6-3-7-11-23)22-16-14-21(15-17-22)20-8-4-2-5-9-20;1-19-8-5-6-13-25(19)24-12-7-11-23(18-24)22-16-14-21(15-17-22)20-9-3-2-4-10-20;1-19-7-5-6-10-25(19)24-17-15-23(16-18-24)22-13-11-21(12-14-22)20-8-3-2-4-9-20;1-15-9-8-14-18(16-10-4-2-5-11-16)19(15)17-12-6-3-7-13-17/h5*2-18H,1H3;2-14H,1H3. The Morgan fingerprint density at radius 2 is 0.243 bits per heavy atom. The summed E-state index contributed by atoms with van der Waals surface area (Å²) in [5.41, 5.74) is 50.9. The van der Waals surface area contributed by atoms with Gasteiger partial charge in [0.25, 0.3) is 0 Å². The highest BCUT2D eigenvalue weighted by Crippen LogP contribution is 2.40. The summed E-state index contributed by atoms with van der Waals surface area (Å²) in [6, 6.07) is 211. The Balaban J connectivity index is 0.000000114. The summed E-state index contributed by atoms with van der Waals surface area (Å²) in [5.74, 6) is 0. The molecule has 0 aliphatic rings. The first-order valence-electron chi connectivity index (χ1n) is 49.7.